The monoisotopic (exact) mass is 383 g/mol. The van der Waals surface area contributed by atoms with Crippen molar-refractivity contribution in [2.75, 3.05) is 26.9 Å². The zero-order valence-electron chi connectivity index (χ0n) is 15.9. The van der Waals surface area contributed by atoms with Gasteiger partial charge in [0.15, 0.2) is 11.5 Å². The van der Waals surface area contributed by atoms with Crippen molar-refractivity contribution in [1.29, 1.82) is 0 Å². The van der Waals surface area contributed by atoms with Gasteiger partial charge in [0, 0.05) is 6.42 Å². The smallest absolute Gasteiger partial charge is 0.257 e. The van der Waals surface area contributed by atoms with Crippen molar-refractivity contribution < 1.29 is 18.7 Å². The minimum absolute atomic E-state index is 0.0795. The standard InChI is InChI=1S/C21H22FN3O3/c1-3-24(2)12-21(26)25-18(15-6-9-19-20(10-15)28-13-27-19)11-17(23-25)14-4-7-16(22)8-5-14/h4-10,18H,3,11-13H2,1-2H3. The van der Waals surface area contributed by atoms with Crippen molar-refractivity contribution in [1.82, 2.24) is 9.91 Å². The van der Waals surface area contributed by atoms with E-state index in [0.29, 0.717) is 17.9 Å². The van der Waals surface area contributed by atoms with Crippen LogP contribution >= 0.6 is 0 Å². The highest BCUT2D eigenvalue weighted by Gasteiger charge is 2.34. The van der Waals surface area contributed by atoms with Gasteiger partial charge >= 0.3 is 0 Å². The van der Waals surface area contributed by atoms with Gasteiger partial charge in [0.25, 0.3) is 5.91 Å². The minimum atomic E-state index is -0.299. The van der Waals surface area contributed by atoms with Crippen molar-refractivity contribution in [3.63, 3.8) is 0 Å². The third-order valence-electron chi connectivity index (χ3n) is 5.07. The summed E-state index contributed by atoms with van der Waals surface area (Å²) >= 11 is 0. The van der Waals surface area contributed by atoms with Gasteiger partial charge in [-0.1, -0.05) is 25.1 Å². The molecule has 6 nitrogen and oxygen atoms in total. The van der Waals surface area contributed by atoms with Crippen LogP contribution in [0.25, 0.3) is 0 Å². The van der Waals surface area contributed by atoms with Gasteiger partial charge in [-0.25, -0.2) is 9.40 Å². The lowest BCUT2D eigenvalue weighted by Gasteiger charge is -2.24. The number of ether oxygens (including phenoxy) is 2. The van der Waals surface area contributed by atoms with E-state index < -0.39 is 0 Å². The Bertz CT molecular complexity index is 914. The Kier molecular flexibility index (Phi) is 5.00. The maximum Gasteiger partial charge on any atom is 0.257 e. The normalized spacial score (nSPS) is 17.9. The highest BCUT2D eigenvalue weighted by molar-refractivity contribution is 6.03. The third-order valence-corrected chi connectivity index (χ3v) is 5.07. The fourth-order valence-corrected chi connectivity index (χ4v) is 3.35. The molecule has 0 saturated carbocycles. The van der Waals surface area contributed by atoms with E-state index in [1.165, 1.54) is 12.1 Å². The zero-order chi connectivity index (χ0) is 19.7. The first-order valence-electron chi connectivity index (χ1n) is 9.28. The van der Waals surface area contributed by atoms with Gasteiger partial charge in [0.05, 0.1) is 18.3 Å². The van der Waals surface area contributed by atoms with Crippen LogP contribution in [0.5, 0.6) is 11.5 Å². The van der Waals surface area contributed by atoms with E-state index >= 15 is 0 Å². The molecular weight excluding hydrogens is 361 g/mol. The van der Waals surface area contributed by atoms with Crippen molar-refractivity contribution in [3.8, 4) is 11.5 Å². The van der Waals surface area contributed by atoms with E-state index in [1.807, 2.05) is 37.1 Å². The molecule has 0 radical (unpaired) electrons. The quantitative estimate of drug-likeness (QED) is 0.796. The van der Waals surface area contributed by atoms with Gasteiger partial charge in [-0.2, -0.15) is 5.10 Å². The second-order valence-corrected chi connectivity index (χ2v) is 6.95. The van der Waals surface area contributed by atoms with Crippen LogP contribution < -0.4 is 9.47 Å². The van der Waals surface area contributed by atoms with Gasteiger partial charge in [-0.05, 0) is 49.0 Å². The SMILES string of the molecule is CCN(C)CC(=O)N1N=C(c2ccc(F)cc2)CC1c1ccc2c(c1)OCO2. The number of carbonyl (C=O) groups excluding carboxylic acids is 1. The molecule has 2 aromatic rings. The average molecular weight is 383 g/mol. The summed E-state index contributed by atoms with van der Waals surface area (Å²) in [5.41, 5.74) is 2.50. The van der Waals surface area contributed by atoms with Crippen LogP contribution in [0.4, 0.5) is 4.39 Å². The first kappa shape index (κ1) is 18.4. The molecule has 28 heavy (non-hydrogen) atoms. The van der Waals surface area contributed by atoms with E-state index in [-0.39, 0.29) is 31.1 Å². The molecule has 2 aromatic carbocycles. The van der Waals surface area contributed by atoms with Gasteiger partial charge in [0.1, 0.15) is 5.82 Å². The number of likely N-dealkylation sites (N-methyl/N-ethyl adjacent to an activating group) is 1. The van der Waals surface area contributed by atoms with Crippen LogP contribution in [0, 0.1) is 5.82 Å². The lowest BCUT2D eigenvalue weighted by Crippen LogP contribution is -2.36. The van der Waals surface area contributed by atoms with Gasteiger partial charge in [-0.3, -0.25) is 9.69 Å². The molecule has 0 N–H and O–H groups in total. The third kappa shape index (κ3) is 3.57. The van der Waals surface area contributed by atoms with Crippen LogP contribution in [0.3, 0.4) is 0 Å². The molecule has 2 aliphatic heterocycles. The number of fused-ring (bicyclic) bond motifs is 1. The summed E-state index contributed by atoms with van der Waals surface area (Å²) < 4.78 is 24.2. The summed E-state index contributed by atoms with van der Waals surface area (Å²) in [7, 11) is 1.90. The first-order valence-corrected chi connectivity index (χ1v) is 9.28. The number of hydrazone groups is 1. The molecule has 0 aromatic heterocycles. The highest BCUT2D eigenvalue weighted by Crippen LogP contribution is 2.39. The number of benzene rings is 2. The molecule has 0 spiro atoms. The number of halogens is 1. The molecule has 1 atom stereocenters. The summed E-state index contributed by atoms with van der Waals surface area (Å²) in [4.78, 5) is 14.9. The molecule has 2 heterocycles. The van der Waals surface area contributed by atoms with Crippen LogP contribution in [-0.2, 0) is 4.79 Å². The van der Waals surface area contributed by atoms with Gasteiger partial charge in [-0.15, -0.1) is 0 Å². The van der Waals surface area contributed by atoms with E-state index in [0.717, 1.165) is 23.4 Å². The average Bonchev–Trinajstić information content (AvgIpc) is 3.35. The van der Waals surface area contributed by atoms with Gasteiger partial charge in [0.2, 0.25) is 6.79 Å². The van der Waals surface area contributed by atoms with Crippen molar-refractivity contribution in [2.24, 2.45) is 5.10 Å². The summed E-state index contributed by atoms with van der Waals surface area (Å²) in [5, 5.41) is 6.15. The molecule has 7 heteroatoms. The molecule has 0 bridgehead atoms. The Morgan fingerprint density at radius 2 is 1.96 bits per heavy atom. The maximum atomic E-state index is 13.3. The molecule has 146 valence electrons. The number of hydrogen-bond donors (Lipinski definition) is 0. The lowest BCUT2D eigenvalue weighted by atomic mass is 9.98. The predicted molar refractivity (Wildman–Crippen MR) is 103 cm³/mol. The molecule has 4 rings (SSSR count). The largest absolute Gasteiger partial charge is 0.454 e. The maximum absolute atomic E-state index is 13.3. The Labute approximate surface area is 163 Å². The lowest BCUT2D eigenvalue weighted by molar-refractivity contribution is -0.133. The molecule has 1 unspecified atom stereocenters. The van der Waals surface area contributed by atoms with Crippen LogP contribution in [0.2, 0.25) is 0 Å². The zero-order valence-corrected chi connectivity index (χ0v) is 15.9. The van der Waals surface area contributed by atoms with Crippen LogP contribution in [0.1, 0.15) is 30.5 Å². The highest BCUT2D eigenvalue weighted by atomic mass is 19.1. The molecule has 2 aliphatic rings. The topological polar surface area (TPSA) is 54.4 Å². The summed E-state index contributed by atoms with van der Waals surface area (Å²) in [6, 6.07) is 11.6. The summed E-state index contributed by atoms with van der Waals surface area (Å²) in [6.07, 6.45) is 0.548. The second-order valence-electron chi connectivity index (χ2n) is 6.95. The second kappa shape index (κ2) is 7.59. The van der Waals surface area contributed by atoms with Crippen LogP contribution in [0.15, 0.2) is 47.6 Å². The van der Waals surface area contributed by atoms with Crippen molar-refractivity contribution in [3.05, 3.63) is 59.4 Å². The number of nitrogens with zero attached hydrogens (tertiary/aromatic N) is 3. The first-order chi connectivity index (χ1) is 13.5. The van der Waals surface area contributed by atoms with Crippen molar-refractivity contribution >= 4 is 11.6 Å². The molecule has 0 aliphatic carbocycles. The Morgan fingerprint density at radius 1 is 1.21 bits per heavy atom. The van der Waals surface area contributed by atoms with E-state index in [4.69, 9.17) is 9.47 Å². The summed E-state index contributed by atoms with van der Waals surface area (Å²) in [6.45, 7) is 3.24. The van der Waals surface area contributed by atoms with Crippen LogP contribution in [-0.4, -0.2) is 48.5 Å². The molecular formula is C21H22FN3O3. The summed E-state index contributed by atoms with van der Waals surface area (Å²) in [5.74, 6) is 0.993. The predicted octanol–water partition coefficient (Wildman–Crippen LogP) is 3.18. The number of hydrogen-bond acceptors (Lipinski definition) is 5. The molecule has 1 amide bonds. The molecule has 0 saturated heterocycles. The minimum Gasteiger partial charge on any atom is -0.454 e. The Balaban J connectivity index is 1.65. The van der Waals surface area contributed by atoms with Crippen molar-refractivity contribution in [2.45, 2.75) is 19.4 Å². The Hall–Kier alpha value is -2.93. The fraction of sp³-hybridized carbons (Fsp3) is 0.333. The van der Waals surface area contributed by atoms with E-state index in [1.54, 1.807) is 17.1 Å². The number of carbonyl (C=O) groups is 1. The van der Waals surface area contributed by atoms with Gasteiger partial charge < -0.3 is 9.47 Å². The molecule has 0 fully saturated rings. The van der Waals surface area contributed by atoms with E-state index in [9.17, 15) is 9.18 Å². The fourth-order valence-electron chi connectivity index (χ4n) is 3.35. The number of amides is 1. The Morgan fingerprint density at radius 3 is 2.71 bits per heavy atom. The number of rotatable bonds is 5. The van der Waals surface area contributed by atoms with E-state index in [2.05, 4.69) is 5.10 Å².